The number of nitrogens with zero attached hydrogens (tertiary/aromatic N) is 4. The molecule has 1 fully saturated rings. The summed E-state index contributed by atoms with van der Waals surface area (Å²) >= 11 is 0. The second kappa shape index (κ2) is 11.0. The zero-order valence-electron chi connectivity index (χ0n) is 16.4. The number of guanidine groups is 1. The maximum absolute atomic E-state index is 4.48. The number of halogens is 1. The van der Waals surface area contributed by atoms with E-state index in [0.717, 1.165) is 24.6 Å². The summed E-state index contributed by atoms with van der Waals surface area (Å²) in [5.41, 5.74) is 3.72. The highest BCUT2D eigenvalue weighted by molar-refractivity contribution is 14.0. The fourth-order valence-electron chi connectivity index (χ4n) is 3.49. The van der Waals surface area contributed by atoms with E-state index in [1.165, 1.54) is 50.2 Å². The molecule has 1 aliphatic heterocycles. The van der Waals surface area contributed by atoms with Crippen molar-refractivity contribution < 1.29 is 0 Å². The van der Waals surface area contributed by atoms with E-state index in [0.29, 0.717) is 6.04 Å². The van der Waals surface area contributed by atoms with Gasteiger partial charge in [-0.2, -0.15) is 5.10 Å². The van der Waals surface area contributed by atoms with Crippen LogP contribution in [0.2, 0.25) is 0 Å². The van der Waals surface area contributed by atoms with Gasteiger partial charge in [0.25, 0.3) is 0 Å². The zero-order valence-corrected chi connectivity index (χ0v) is 18.8. The maximum Gasteiger partial charge on any atom is 0.191 e. The first-order valence-corrected chi connectivity index (χ1v) is 9.23. The number of hydrogen-bond donors (Lipinski definition) is 2. The second-order valence-corrected chi connectivity index (χ2v) is 6.78. The third kappa shape index (κ3) is 6.44. The van der Waals surface area contributed by atoms with Crippen molar-refractivity contribution in [1.82, 2.24) is 25.3 Å². The molecule has 0 aliphatic carbocycles. The van der Waals surface area contributed by atoms with Crippen LogP contribution >= 0.6 is 24.0 Å². The Morgan fingerprint density at radius 1 is 1.28 bits per heavy atom. The van der Waals surface area contributed by atoms with Gasteiger partial charge in [0.15, 0.2) is 5.96 Å². The Morgan fingerprint density at radius 3 is 2.48 bits per heavy atom. The standard InChI is InChI=1S/C18H34N6.HI/c1-6-11-24-12-8-16(9-13-24)21-18(19-4)20-10-7-17-14(2)22-23(5)15(17)3;/h16H,6-13H2,1-5H3,(H2,19,20,21);1H. The Hall–Kier alpha value is -0.830. The van der Waals surface area contributed by atoms with E-state index in [9.17, 15) is 0 Å². The molecule has 0 radical (unpaired) electrons. The van der Waals surface area contributed by atoms with Gasteiger partial charge in [0.2, 0.25) is 0 Å². The van der Waals surface area contributed by atoms with Crippen molar-refractivity contribution in [1.29, 1.82) is 0 Å². The van der Waals surface area contributed by atoms with Gasteiger partial charge in [-0.05, 0) is 51.6 Å². The molecule has 144 valence electrons. The van der Waals surface area contributed by atoms with Gasteiger partial charge in [0.05, 0.1) is 5.69 Å². The van der Waals surface area contributed by atoms with E-state index in [2.05, 4.69) is 46.4 Å². The average Bonchev–Trinajstić information content (AvgIpc) is 2.81. The van der Waals surface area contributed by atoms with Crippen molar-refractivity contribution in [2.75, 3.05) is 33.2 Å². The summed E-state index contributed by atoms with van der Waals surface area (Å²) in [5.74, 6) is 0.920. The molecule has 2 N–H and O–H groups in total. The van der Waals surface area contributed by atoms with Crippen LogP contribution in [0.4, 0.5) is 0 Å². The number of nitrogens with one attached hydrogen (secondary N) is 2. The highest BCUT2D eigenvalue weighted by Gasteiger charge is 2.19. The van der Waals surface area contributed by atoms with Gasteiger partial charge in [-0.25, -0.2) is 0 Å². The Bertz CT molecular complexity index is 546. The summed E-state index contributed by atoms with van der Waals surface area (Å²) in [6.45, 7) is 11.0. The Balaban J connectivity index is 0.00000312. The van der Waals surface area contributed by atoms with Crippen molar-refractivity contribution in [2.24, 2.45) is 12.0 Å². The smallest absolute Gasteiger partial charge is 0.191 e. The number of piperidine rings is 1. The predicted molar refractivity (Wildman–Crippen MR) is 116 cm³/mol. The normalized spacial score (nSPS) is 16.6. The van der Waals surface area contributed by atoms with Crippen LogP contribution < -0.4 is 10.6 Å². The van der Waals surface area contributed by atoms with E-state index in [-0.39, 0.29) is 24.0 Å². The topological polar surface area (TPSA) is 57.5 Å². The molecule has 1 aromatic heterocycles. The quantitative estimate of drug-likeness (QED) is 0.387. The summed E-state index contributed by atoms with van der Waals surface area (Å²) < 4.78 is 1.96. The fraction of sp³-hybridized carbons (Fsp3) is 0.778. The van der Waals surface area contributed by atoms with Crippen molar-refractivity contribution in [2.45, 2.75) is 52.5 Å². The first kappa shape index (κ1) is 22.2. The van der Waals surface area contributed by atoms with Gasteiger partial charge < -0.3 is 15.5 Å². The zero-order chi connectivity index (χ0) is 17.5. The molecule has 1 aromatic rings. The summed E-state index contributed by atoms with van der Waals surface area (Å²) in [6, 6.07) is 0.533. The molecule has 0 amide bonds. The molecule has 1 saturated heterocycles. The Labute approximate surface area is 169 Å². The van der Waals surface area contributed by atoms with Crippen LogP contribution in [-0.2, 0) is 13.5 Å². The largest absolute Gasteiger partial charge is 0.356 e. The summed E-state index contributed by atoms with van der Waals surface area (Å²) in [6.07, 6.45) is 4.61. The molecule has 1 aliphatic rings. The molecular formula is C18H35IN6. The molecule has 0 bridgehead atoms. The third-order valence-corrected chi connectivity index (χ3v) is 5.02. The van der Waals surface area contributed by atoms with Crippen molar-refractivity contribution in [3.8, 4) is 0 Å². The second-order valence-electron chi connectivity index (χ2n) is 6.78. The number of hydrogen-bond acceptors (Lipinski definition) is 3. The monoisotopic (exact) mass is 462 g/mol. The number of aliphatic imine (C=N–C) groups is 1. The number of rotatable bonds is 6. The van der Waals surface area contributed by atoms with E-state index in [1.807, 2.05) is 18.8 Å². The van der Waals surface area contributed by atoms with E-state index >= 15 is 0 Å². The Kier molecular flexibility index (Phi) is 9.78. The molecule has 0 unspecified atom stereocenters. The van der Waals surface area contributed by atoms with Crippen molar-refractivity contribution in [3.05, 3.63) is 17.0 Å². The molecule has 0 saturated carbocycles. The summed E-state index contributed by atoms with van der Waals surface area (Å²) in [7, 11) is 3.85. The molecular weight excluding hydrogens is 427 g/mol. The molecule has 2 rings (SSSR count). The molecule has 0 aromatic carbocycles. The van der Waals surface area contributed by atoms with E-state index < -0.39 is 0 Å². The van der Waals surface area contributed by atoms with Crippen LogP contribution in [0.25, 0.3) is 0 Å². The fourth-order valence-corrected chi connectivity index (χ4v) is 3.49. The summed E-state index contributed by atoms with van der Waals surface area (Å²) in [5, 5.41) is 11.5. The van der Waals surface area contributed by atoms with Gasteiger partial charge in [0.1, 0.15) is 0 Å². The lowest BCUT2D eigenvalue weighted by atomic mass is 10.1. The SMILES string of the molecule is CCCN1CCC(NC(=NC)NCCc2c(C)nn(C)c2C)CC1.I. The summed E-state index contributed by atoms with van der Waals surface area (Å²) in [4.78, 5) is 6.94. The van der Waals surface area contributed by atoms with E-state index in [4.69, 9.17) is 0 Å². The first-order chi connectivity index (χ1) is 11.5. The van der Waals surface area contributed by atoms with Crippen LogP contribution in [-0.4, -0.2) is 59.9 Å². The lowest BCUT2D eigenvalue weighted by Gasteiger charge is -2.32. The van der Waals surface area contributed by atoms with Crippen LogP contribution in [0.15, 0.2) is 4.99 Å². The van der Waals surface area contributed by atoms with Gasteiger partial charge in [-0.15, -0.1) is 24.0 Å². The Morgan fingerprint density at radius 2 is 1.96 bits per heavy atom. The van der Waals surface area contributed by atoms with Gasteiger partial charge in [-0.1, -0.05) is 6.92 Å². The lowest BCUT2D eigenvalue weighted by Crippen LogP contribution is -2.49. The van der Waals surface area contributed by atoms with Gasteiger partial charge in [0, 0.05) is 45.5 Å². The maximum atomic E-state index is 4.48. The third-order valence-electron chi connectivity index (χ3n) is 5.02. The molecule has 0 atom stereocenters. The number of aryl methyl sites for hydroxylation is 2. The molecule has 6 nitrogen and oxygen atoms in total. The van der Waals surface area contributed by atoms with Gasteiger partial charge in [-0.3, -0.25) is 9.67 Å². The highest BCUT2D eigenvalue weighted by atomic mass is 127. The van der Waals surface area contributed by atoms with Crippen LogP contribution in [0, 0.1) is 13.8 Å². The van der Waals surface area contributed by atoms with Gasteiger partial charge >= 0.3 is 0 Å². The molecule has 25 heavy (non-hydrogen) atoms. The van der Waals surface area contributed by atoms with E-state index in [1.54, 1.807) is 0 Å². The van der Waals surface area contributed by atoms with Crippen LogP contribution in [0.5, 0.6) is 0 Å². The van der Waals surface area contributed by atoms with Crippen LogP contribution in [0.3, 0.4) is 0 Å². The molecule has 0 spiro atoms. The average molecular weight is 462 g/mol. The van der Waals surface area contributed by atoms with Crippen molar-refractivity contribution in [3.63, 3.8) is 0 Å². The minimum absolute atomic E-state index is 0. The molecule has 7 heteroatoms. The molecule has 2 heterocycles. The number of aromatic nitrogens is 2. The lowest BCUT2D eigenvalue weighted by molar-refractivity contribution is 0.206. The highest BCUT2D eigenvalue weighted by Crippen LogP contribution is 2.12. The minimum Gasteiger partial charge on any atom is -0.356 e. The predicted octanol–water partition coefficient (Wildman–Crippen LogP) is 2.24. The number of likely N-dealkylation sites (tertiary alicyclic amines) is 1. The first-order valence-electron chi connectivity index (χ1n) is 9.23. The minimum atomic E-state index is 0. The van der Waals surface area contributed by atoms with Crippen LogP contribution in [0.1, 0.15) is 43.1 Å². The van der Waals surface area contributed by atoms with Crippen molar-refractivity contribution >= 4 is 29.9 Å².